The fourth-order valence-electron chi connectivity index (χ4n) is 3.79. The van der Waals surface area contributed by atoms with Gasteiger partial charge in [-0.3, -0.25) is 19.6 Å². The van der Waals surface area contributed by atoms with Gasteiger partial charge in [-0.15, -0.1) is 0 Å². The number of carbonyl (C=O) groups is 1. The van der Waals surface area contributed by atoms with Crippen molar-refractivity contribution in [3.63, 3.8) is 0 Å². The van der Waals surface area contributed by atoms with Crippen LogP contribution in [0.15, 0.2) is 24.3 Å². The minimum absolute atomic E-state index is 0.00180. The van der Waals surface area contributed by atoms with Crippen LogP contribution in [0.1, 0.15) is 41.9 Å². The highest BCUT2D eigenvalue weighted by Crippen LogP contribution is 2.25. The Morgan fingerprint density at radius 2 is 2.04 bits per heavy atom. The van der Waals surface area contributed by atoms with Crippen LogP contribution in [0, 0.1) is 24.0 Å². The highest BCUT2D eigenvalue weighted by atomic mass is 16.6. The lowest BCUT2D eigenvalue weighted by Crippen LogP contribution is -2.48. The third-order valence-electron chi connectivity index (χ3n) is 5.40. The number of nitro groups is 1. The molecule has 1 N–H and O–H groups in total. The highest BCUT2D eigenvalue weighted by Gasteiger charge is 2.28. The van der Waals surface area contributed by atoms with Crippen molar-refractivity contribution in [1.29, 1.82) is 0 Å². The molecule has 28 heavy (non-hydrogen) atoms. The van der Waals surface area contributed by atoms with E-state index < -0.39 is 4.92 Å². The van der Waals surface area contributed by atoms with Crippen molar-refractivity contribution in [3.05, 3.63) is 56.9 Å². The number of aryl methyl sites for hydroxylation is 3. The van der Waals surface area contributed by atoms with E-state index in [1.54, 1.807) is 18.5 Å². The zero-order valence-corrected chi connectivity index (χ0v) is 16.6. The number of benzene rings is 1. The van der Waals surface area contributed by atoms with Gasteiger partial charge in [-0.1, -0.05) is 31.2 Å². The van der Waals surface area contributed by atoms with Crippen LogP contribution < -0.4 is 5.32 Å². The SMILES string of the molecule is CCc1ccc(C2CNCCN2C(=O)CCn2nc(C)c([N+](=O)[O-])c2C)cc1. The molecule has 1 unspecified atom stereocenters. The molecule has 3 rings (SSSR count). The first-order chi connectivity index (χ1) is 13.4. The molecule has 8 heteroatoms. The zero-order valence-electron chi connectivity index (χ0n) is 16.6. The molecule has 0 spiro atoms. The number of nitrogens with one attached hydrogen (secondary N) is 1. The standard InChI is InChI=1S/C20H27N5O3/c1-4-16-5-7-17(8-6-16)18-13-21-10-12-23(18)19(26)9-11-24-15(3)20(25(27)28)14(2)22-24/h5-8,18,21H,4,9-13H2,1-3H3. The zero-order chi connectivity index (χ0) is 20.3. The summed E-state index contributed by atoms with van der Waals surface area (Å²) in [6.45, 7) is 7.89. The minimum Gasteiger partial charge on any atom is -0.333 e. The van der Waals surface area contributed by atoms with Crippen molar-refractivity contribution in [2.24, 2.45) is 0 Å². The Bertz CT molecular complexity index is 859. The van der Waals surface area contributed by atoms with Crippen LogP contribution in [0.3, 0.4) is 0 Å². The molecular formula is C20H27N5O3. The Morgan fingerprint density at radius 3 is 2.64 bits per heavy atom. The van der Waals surface area contributed by atoms with Crippen molar-refractivity contribution >= 4 is 11.6 Å². The summed E-state index contributed by atoms with van der Waals surface area (Å²) in [6.07, 6.45) is 1.25. The van der Waals surface area contributed by atoms with Gasteiger partial charge in [0.1, 0.15) is 11.4 Å². The van der Waals surface area contributed by atoms with E-state index in [0.717, 1.165) is 25.1 Å². The summed E-state index contributed by atoms with van der Waals surface area (Å²) in [5.74, 6) is 0.0428. The van der Waals surface area contributed by atoms with Crippen molar-refractivity contribution in [2.75, 3.05) is 19.6 Å². The van der Waals surface area contributed by atoms with Crippen LogP contribution >= 0.6 is 0 Å². The molecule has 0 bridgehead atoms. The normalized spacial score (nSPS) is 17.0. The number of hydrogen-bond acceptors (Lipinski definition) is 5. The molecule has 0 saturated carbocycles. The summed E-state index contributed by atoms with van der Waals surface area (Å²) in [5, 5.41) is 18.8. The summed E-state index contributed by atoms with van der Waals surface area (Å²) in [4.78, 5) is 25.6. The number of aromatic nitrogens is 2. The van der Waals surface area contributed by atoms with Gasteiger partial charge in [0.05, 0.1) is 17.5 Å². The molecule has 1 fully saturated rings. The number of rotatable bonds is 6. The maximum absolute atomic E-state index is 12.9. The molecule has 150 valence electrons. The lowest BCUT2D eigenvalue weighted by molar-refractivity contribution is -0.386. The second-order valence-electron chi connectivity index (χ2n) is 7.15. The molecule has 1 aliphatic heterocycles. The number of carbonyl (C=O) groups excluding carboxylic acids is 1. The molecule has 2 aromatic rings. The first-order valence-corrected chi connectivity index (χ1v) is 9.69. The average Bonchev–Trinajstić information content (AvgIpc) is 2.99. The third-order valence-corrected chi connectivity index (χ3v) is 5.40. The van der Waals surface area contributed by atoms with Crippen LogP contribution in [0.25, 0.3) is 0 Å². The van der Waals surface area contributed by atoms with Crippen LogP contribution in [0.2, 0.25) is 0 Å². The summed E-state index contributed by atoms with van der Waals surface area (Å²) in [7, 11) is 0. The Kier molecular flexibility index (Phi) is 6.08. The summed E-state index contributed by atoms with van der Waals surface area (Å²) >= 11 is 0. The van der Waals surface area contributed by atoms with Crippen molar-refractivity contribution in [1.82, 2.24) is 20.0 Å². The molecule has 8 nitrogen and oxygen atoms in total. The van der Waals surface area contributed by atoms with Gasteiger partial charge in [0.15, 0.2) is 0 Å². The van der Waals surface area contributed by atoms with E-state index in [1.165, 1.54) is 5.56 Å². The number of piperazine rings is 1. The van der Waals surface area contributed by atoms with Crippen LogP contribution in [0.5, 0.6) is 0 Å². The average molecular weight is 385 g/mol. The van der Waals surface area contributed by atoms with E-state index in [2.05, 4.69) is 41.6 Å². The lowest BCUT2D eigenvalue weighted by Gasteiger charge is -2.36. The van der Waals surface area contributed by atoms with E-state index in [9.17, 15) is 14.9 Å². The van der Waals surface area contributed by atoms with Crippen molar-refractivity contribution < 1.29 is 9.72 Å². The van der Waals surface area contributed by atoms with Gasteiger partial charge < -0.3 is 10.2 Å². The van der Waals surface area contributed by atoms with Crippen LogP contribution in [-0.4, -0.2) is 45.1 Å². The van der Waals surface area contributed by atoms with E-state index in [-0.39, 0.29) is 24.1 Å². The maximum atomic E-state index is 12.9. The molecule has 1 aromatic carbocycles. The minimum atomic E-state index is -0.414. The van der Waals surface area contributed by atoms with E-state index >= 15 is 0 Å². The fraction of sp³-hybridized carbons (Fsp3) is 0.500. The Balaban J connectivity index is 1.71. The number of hydrogen-bond donors (Lipinski definition) is 1. The molecule has 1 atom stereocenters. The van der Waals surface area contributed by atoms with Gasteiger partial charge in [0.2, 0.25) is 5.91 Å². The van der Waals surface area contributed by atoms with E-state index in [1.807, 2.05) is 4.90 Å². The summed E-state index contributed by atoms with van der Waals surface area (Å²) < 4.78 is 1.57. The predicted molar refractivity (Wildman–Crippen MR) is 106 cm³/mol. The lowest BCUT2D eigenvalue weighted by atomic mass is 10.0. The smallest absolute Gasteiger partial charge is 0.312 e. The van der Waals surface area contributed by atoms with Crippen LogP contribution in [0.4, 0.5) is 5.69 Å². The molecular weight excluding hydrogens is 358 g/mol. The Hall–Kier alpha value is -2.74. The van der Waals surface area contributed by atoms with Crippen molar-refractivity contribution in [2.45, 2.75) is 46.2 Å². The maximum Gasteiger partial charge on any atom is 0.312 e. The number of nitrogens with zero attached hydrogens (tertiary/aromatic N) is 4. The van der Waals surface area contributed by atoms with E-state index in [4.69, 9.17) is 0 Å². The molecule has 1 saturated heterocycles. The topological polar surface area (TPSA) is 93.3 Å². The molecule has 1 aliphatic rings. The van der Waals surface area contributed by atoms with Crippen molar-refractivity contribution in [3.8, 4) is 0 Å². The molecule has 2 heterocycles. The summed E-state index contributed by atoms with van der Waals surface area (Å²) in [6, 6.07) is 8.42. The van der Waals surface area contributed by atoms with Crippen LogP contribution in [-0.2, 0) is 17.8 Å². The largest absolute Gasteiger partial charge is 0.333 e. The molecule has 0 aliphatic carbocycles. The second-order valence-corrected chi connectivity index (χ2v) is 7.15. The Labute approximate surface area is 164 Å². The predicted octanol–water partition coefficient (Wildman–Crippen LogP) is 2.53. The van der Waals surface area contributed by atoms with Gasteiger partial charge in [0, 0.05) is 26.1 Å². The van der Waals surface area contributed by atoms with Gasteiger partial charge in [-0.2, -0.15) is 5.10 Å². The van der Waals surface area contributed by atoms with Gasteiger partial charge in [0.25, 0.3) is 0 Å². The Morgan fingerprint density at radius 1 is 1.32 bits per heavy atom. The van der Waals surface area contributed by atoms with Gasteiger partial charge in [-0.25, -0.2) is 0 Å². The van der Waals surface area contributed by atoms with Gasteiger partial charge in [-0.05, 0) is 31.4 Å². The highest BCUT2D eigenvalue weighted by molar-refractivity contribution is 5.77. The molecule has 0 radical (unpaired) electrons. The van der Waals surface area contributed by atoms with Gasteiger partial charge >= 0.3 is 5.69 Å². The first-order valence-electron chi connectivity index (χ1n) is 9.69. The summed E-state index contributed by atoms with van der Waals surface area (Å²) in [5.41, 5.74) is 3.30. The second kappa shape index (κ2) is 8.52. The fourth-order valence-corrected chi connectivity index (χ4v) is 3.79. The quantitative estimate of drug-likeness (QED) is 0.609. The number of amides is 1. The van der Waals surface area contributed by atoms with E-state index in [0.29, 0.717) is 24.5 Å². The third kappa shape index (κ3) is 4.06. The monoisotopic (exact) mass is 385 g/mol. The first kappa shape index (κ1) is 20.0. The molecule has 1 aromatic heterocycles. The molecule has 1 amide bonds.